The minimum atomic E-state index is -0.0670. The summed E-state index contributed by atoms with van der Waals surface area (Å²) in [6.45, 7) is 3.99. The molecule has 0 aliphatic heterocycles. The first-order chi connectivity index (χ1) is 9.22. The van der Waals surface area contributed by atoms with E-state index in [9.17, 15) is 4.79 Å². The van der Waals surface area contributed by atoms with Gasteiger partial charge < -0.3 is 20.4 Å². The maximum atomic E-state index is 12.1. The largest absolute Gasteiger partial charge is 0.397 e. The molecule has 0 spiro atoms. The first kappa shape index (κ1) is 13.9. The van der Waals surface area contributed by atoms with Crippen LogP contribution in [0.2, 0.25) is 0 Å². The predicted molar refractivity (Wildman–Crippen MR) is 75.2 cm³/mol. The lowest BCUT2D eigenvalue weighted by Crippen LogP contribution is -2.29. The Bertz CT molecular complexity index is 424. The van der Waals surface area contributed by atoms with Gasteiger partial charge in [0.1, 0.15) is 5.69 Å². The van der Waals surface area contributed by atoms with Gasteiger partial charge in [0.25, 0.3) is 5.91 Å². The molecule has 0 bridgehead atoms. The maximum absolute atomic E-state index is 12.1. The van der Waals surface area contributed by atoms with Crippen LogP contribution in [0, 0.1) is 0 Å². The number of nitrogens with one attached hydrogen (secondary N) is 1. The summed E-state index contributed by atoms with van der Waals surface area (Å²) in [5.41, 5.74) is 7.08. The molecule has 3 N–H and O–H groups in total. The van der Waals surface area contributed by atoms with Gasteiger partial charge in [-0.15, -0.1) is 0 Å². The number of hydrogen-bond donors (Lipinski definition) is 2. The van der Waals surface area contributed by atoms with E-state index in [4.69, 9.17) is 10.5 Å². The van der Waals surface area contributed by atoms with Crippen molar-refractivity contribution in [1.29, 1.82) is 0 Å². The van der Waals surface area contributed by atoms with E-state index < -0.39 is 0 Å². The molecule has 1 aliphatic carbocycles. The van der Waals surface area contributed by atoms with Crippen molar-refractivity contribution in [2.24, 2.45) is 0 Å². The van der Waals surface area contributed by atoms with Gasteiger partial charge >= 0.3 is 0 Å². The summed E-state index contributed by atoms with van der Waals surface area (Å²) in [5, 5.41) is 2.87. The first-order valence-corrected chi connectivity index (χ1v) is 7.05. The zero-order chi connectivity index (χ0) is 13.7. The van der Waals surface area contributed by atoms with Crippen molar-refractivity contribution in [2.45, 2.75) is 38.6 Å². The number of hydrogen-bond acceptors (Lipinski definition) is 3. The summed E-state index contributed by atoms with van der Waals surface area (Å²) in [5.74, 6) is -0.0670. The molecule has 1 aromatic rings. The van der Waals surface area contributed by atoms with Crippen LogP contribution < -0.4 is 11.1 Å². The van der Waals surface area contributed by atoms with Crippen LogP contribution >= 0.6 is 0 Å². The van der Waals surface area contributed by atoms with E-state index in [0.29, 0.717) is 30.6 Å². The molecule has 1 heterocycles. The fraction of sp³-hybridized carbons (Fsp3) is 0.643. The van der Waals surface area contributed by atoms with Gasteiger partial charge in [0.05, 0.1) is 12.3 Å². The SMILES string of the molecule is CCCCOCCNC(=O)c1cc(N)cn1C1CC1. The monoisotopic (exact) mass is 265 g/mol. The minimum Gasteiger partial charge on any atom is -0.397 e. The number of nitrogen functional groups attached to an aromatic ring is 1. The van der Waals surface area contributed by atoms with Gasteiger partial charge in [-0.25, -0.2) is 0 Å². The summed E-state index contributed by atoms with van der Waals surface area (Å²) in [4.78, 5) is 12.1. The van der Waals surface area contributed by atoms with Crippen LogP contribution in [0.4, 0.5) is 5.69 Å². The molecule has 0 saturated heterocycles. The van der Waals surface area contributed by atoms with Crippen LogP contribution in [0.25, 0.3) is 0 Å². The smallest absolute Gasteiger partial charge is 0.268 e. The van der Waals surface area contributed by atoms with Crippen LogP contribution in [0.15, 0.2) is 12.3 Å². The number of anilines is 1. The molecule has 5 nitrogen and oxygen atoms in total. The average Bonchev–Trinajstić information content (AvgIpc) is 3.16. The summed E-state index contributed by atoms with van der Waals surface area (Å²) in [6.07, 6.45) is 6.31. The average molecular weight is 265 g/mol. The highest BCUT2D eigenvalue weighted by molar-refractivity contribution is 5.93. The molecule has 0 atom stereocenters. The fourth-order valence-corrected chi connectivity index (χ4v) is 2.01. The van der Waals surface area contributed by atoms with E-state index in [2.05, 4.69) is 12.2 Å². The molecule has 1 saturated carbocycles. The van der Waals surface area contributed by atoms with Crippen molar-refractivity contribution in [3.8, 4) is 0 Å². The third kappa shape index (κ3) is 3.99. The third-order valence-corrected chi connectivity index (χ3v) is 3.22. The maximum Gasteiger partial charge on any atom is 0.268 e. The first-order valence-electron chi connectivity index (χ1n) is 7.05. The van der Waals surface area contributed by atoms with Crippen molar-refractivity contribution in [2.75, 3.05) is 25.5 Å². The summed E-state index contributed by atoms with van der Waals surface area (Å²) in [6, 6.07) is 2.20. The van der Waals surface area contributed by atoms with Gasteiger partial charge in [0, 0.05) is 25.4 Å². The van der Waals surface area contributed by atoms with E-state index in [1.165, 1.54) is 0 Å². The number of aromatic nitrogens is 1. The van der Waals surface area contributed by atoms with Crippen LogP contribution in [0.5, 0.6) is 0 Å². The Morgan fingerprint density at radius 2 is 2.32 bits per heavy atom. The number of nitrogens with zero attached hydrogens (tertiary/aromatic N) is 1. The van der Waals surface area contributed by atoms with Crippen LogP contribution in [0.1, 0.15) is 49.1 Å². The predicted octanol–water partition coefficient (Wildman–Crippen LogP) is 1.95. The molecular weight excluding hydrogens is 242 g/mol. The topological polar surface area (TPSA) is 69.3 Å². The Balaban J connectivity index is 1.76. The van der Waals surface area contributed by atoms with Gasteiger partial charge in [0.15, 0.2) is 0 Å². The van der Waals surface area contributed by atoms with E-state index in [1.54, 1.807) is 6.07 Å². The van der Waals surface area contributed by atoms with Gasteiger partial charge in [-0.2, -0.15) is 0 Å². The Morgan fingerprint density at radius 1 is 1.53 bits per heavy atom. The molecule has 1 amide bonds. The number of ether oxygens (including phenoxy) is 1. The highest BCUT2D eigenvalue weighted by Gasteiger charge is 2.27. The summed E-state index contributed by atoms with van der Waals surface area (Å²) < 4.78 is 7.40. The fourth-order valence-electron chi connectivity index (χ4n) is 2.01. The molecule has 106 valence electrons. The van der Waals surface area contributed by atoms with Crippen molar-refractivity contribution in [3.05, 3.63) is 18.0 Å². The second-order valence-corrected chi connectivity index (χ2v) is 5.02. The molecular formula is C14H23N3O2. The van der Waals surface area contributed by atoms with Gasteiger partial charge in [0.2, 0.25) is 0 Å². The molecule has 0 radical (unpaired) electrons. The zero-order valence-corrected chi connectivity index (χ0v) is 11.5. The Kier molecular flexibility index (Phi) is 4.85. The zero-order valence-electron chi connectivity index (χ0n) is 11.5. The van der Waals surface area contributed by atoms with E-state index >= 15 is 0 Å². The van der Waals surface area contributed by atoms with Crippen molar-refractivity contribution in [3.63, 3.8) is 0 Å². The molecule has 5 heteroatoms. The van der Waals surface area contributed by atoms with Gasteiger partial charge in [-0.05, 0) is 25.3 Å². The van der Waals surface area contributed by atoms with E-state index in [-0.39, 0.29) is 5.91 Å². The number of carbonyl (C=O) groups is 1. The van der Waals surface area contributed by atoms with E-state index in [0.717, 1.165) is 32.3 Å². The van der Waals surface area contributed by atoms with Crippen molar-refractivity contribution in [1.82, 2.24) is 9.88 Å². The molecule has 1 aromatic heterocycles. The number of carbonyl (C=O) groups excluding carboxylic acids is 1. The minimum absolute atomic E-state index is 0.0670. The van der Waals surface area contributed by atoms with Crippen LogP contribution in [-0.4, -0.2) is 30.2 Å². The standard InChI is InChI=1S/C14H23N3O2/c1-2-3-7-19-8-6-16-14(18)13-9-11(15)10-17(13)12-4-5-12/h9-10,12H,2-8,15H2,1H3,(H,16,18). The molecule has 1 fully saturated rings. The second-order valence-electron chi connectivity index (χ2n) is 5.02. The Morgan fingerprint density at radius 3 is 3.00 bits per heavy atom. The summed E-state index contributed by atoms with van der Waals surface area (Å²) in [7, 11) is 0. The molecule has 0 unspecified atom stereocenters. The molecule has 2 rings (SSSR count). The van der Waals surface area contributed by atoms with Crippen LogP contribution in [0.3, 0.4) is 0 Å². The Hall–Kier alpha value is -1.49. The normalized spacial score (nSPS) is 14.6. The van der Waals surface area contributed by atoms with E-state index in [1.807, 2.05) is 10.8 Å². The molecule has 19 heavy (non-hydrogen) atoms. The van der Waals surface area contributed by atoms with Crippen molar-refractivity contribution >= 4 is 11.6 Å². The quantitative estimate of drug-likeness (QED) is 0.706. The van der Waals surface area contributed by atoms with Crippen molar-refractivity contribution < 1.29 is 9.53 Å². The summed E-state index contributed by atoms with van der Waals surface area (Å²) >= 11 is 0. The lowest BCUT2D eigenvalue weighted by Gasteiger charge is -2.08. The second kappa shape index (κ2) is 6.61. The van der Waals surface area contributed by atoms with Crippen LogP contribution in [-0.2, 0) is 4.74 Å². The third-order valence-electron chi connectivity index (χ3n) is 3.22. The highest BCUT2D eigenvalue weighted by atomic mass is 16.5. The highest BCUT2D eigenvalue weighted by Crippen LogP contribution is 2.37. The number of rotatable bonds is 8. The number of nitrogens with two attached hydrogens (primary N) is 1. The van der Waals surface area contributed by atoms with Gasteiger partial charge in [-0.1, -0.05) is 13.3 Å². The Labute approximate surface area is 114 Å². The lowest BCUT2D eigenvalue weighted by atomic mass is 10.3. The molecule has 1 aliphatic rings. The number of amides is 1. The lowest BCUT2D eigenvalue weighted by molar-refractivity contribution is 0.0904. The van der Waals surface area contributed by atoms with Gasteiger partial charge in [-0.3, -0.25) is 4.79 Å². The number of unbranched alkanes of at least 4 members (excludes halogenated alkanes) is 1. The molecule has 0 aromatic carbocycles.